The van der Waals surface area contributed by atoms with E-state index < -0.39 is 0 Å². The molecule has 0 amide bonds. The number of aliphatic hydroxyl groups excluding tert-OH is 1. The summed E-state index contributed by atoms with van der Waals surface area (Å²) in [5.74, 6) is 1.30. The van der Waals surface area contributed by atoms with Crippen LogP contribution >= 0.6 is 23.3 Å². The molecule has 1 heterocycles. The average Bonchev–Trinajstić information content (AvgIpc) is 3.41. The maximum absolute atomic E-state index is 9.53. The lowest BCUT2D eigenvalue weighted by Crippen LogP contribution is -2.12. The van der Waals surface area contributed by atoms with E-state index in [0.717, 1.165) is 28.3 Å². The second-order valence-electron chi connectivity index (χ2n) is 7.67. The first-order chi connectivity index (χ1) is 15.1. The zero-order valence-corrected chi connectivity index (χ0v) is 19.2. The van der Waals surface area contributed by atoms with Gasteiger partial charge in [0.1, 0.15) is 16.8 Å². The van der Waals surface area contributed by atoms with Crippen molar-refractivity contribution < 1.29 is 9.84 Å². The molecule has 160 valence electrons. The number of rotatable bonds is 8. The van der Waals surface area contributed by atoms with E-state index in [1.165, 1.54) is 16.7 Å². The number of fused-ring (bicyclic) bond motifs is 1. The minimum atomic E-state index is 0.0185. The van der Waals surface area contributed by atoms with Gasteiger partial charge in [-0.3, -0.25) is 4.72 Å². The molecule has 1 aromatic heterocycles. The lowest BCUT2D eigenvalue weighted by molar-refractivity contribution is 0.242. The molecule has 3 aromatic rings. The summed E-state index contributed by atoms with van der Waals surface area (Å²) >= 11 is 3.23. The Morgan fingerprint density at radius 3 is 3.00 bits per heavy atom. The largest absolute Gasteiger partial charge is 0.490 e. The third-order valence-electron chi connectivity index (χ3n) is 5.17. The van der Waals surface area contributed by atoms with Gasteiger partial charge in [0.15, 0.2) is 0 Å². The molecule has 0 bridgehead atoms. The molecule has 1 aliphatic rings. The molecule has 0 saturated carbocycles. The topological polar surface area (TPSA) is 78.2 Å². The van der Waals surface area contributed by atoms with Crippen LogP contribution in [0, 0.1) is 11.3 Å². The number of benzene rings is 2. The van der Waals surface area contributed by atoms with Gasteiger partial charge in [-0.1, -0.05) is 30.1 Å². The summed E-state index contributed by atoms with van der Waals surface area (Å²) in [5, 5.41) is 19.4. The quantitative estimate of drug-likeness (QED) is 0.355. The van der Waals surface area contributed by atoms with Gasteiger partial charge in [0.2, 0.25) is 0 Å². The van der Waals surface area contributed by atoms with E-state index in [-0.39, 0.29) is 12.7 Å². The Kier molecular flexibility index (Phi) is 6.93. The molecule has 0 spiro atoms. The fourth-order valence-electron chi connectivity index (χ4n) is 3.85. The van der Waals surface area contributed by atoms with Crippen molar-refractivity contribution in [3.8, 4) is 32.8 Å². The second kappa shape index (κ2) is 9.84. The number of hydrogen-bond donors (Lipinski definition) is 2. The summed E-state index contributed by atoms with van der Waals surface area (Å²) in [5.41, 5.74) is 5.39. The van der Waals surface area contributed by atoms with Crippen LogP contribution in [0.3, 0.4) is 0 Å². The Labute approximate surface area is 191 Å². The first-order valence-electron chi connectivity index (χ1n) is 10.4. The van der Waals surface area contributed by atoms with Gasteiger partial charge in [0, 0.05) is 23.6 Å². The van der Waals surface area contributed by atoms with E-state index >= 15 is 0 Å². The Morgan fingerprint density at radius 1 is 1.35 bits per heavy atom. The van der Waals surface area contributed by atoms with Gasteiger partial charge < -0.3 is 9.84 Å². The Morgan fingerprint density at radius 2 is 2.23 bits per heavy atom. The Balaban J connectivity index is 1.60. The third kappa shape index (κ3) is 4.78. The van der Waals surface area contributed by atoms with E-state index in [4.69, 9.17) is 9.84 Å². The number of nitrogens with zero attached hydrogens (tertiary/aromatic N) is 2. The Bertz CT molecular complexity index is 1100. The Hall–Kier alpha value is -2.37. The number of ether oxygens (including phenoxy) is 1. The van der Waals surface area contributed by atoms with Crippen LogP contribution in [0.1, 0.15) is 43.0 Å². The molecule has 5 nitrogen and oxygen atoms in total. The standard InChI is InChI=1S/C24H25N3O2S2/c1-15(2)29-22-9-6-16(12-17(22)13-25)24-26-14-23(31-24)20-5-3-4-19-18(20)7-8-21(19)27-30-11-10-28/h3-6,9,12,14-15,21,27-28H,7-8,10-11H2,1-2H3. The maximum Gasteiger partial charge on any atom is 0.137 e. The number of hydrogen-bond acceptors (Lipinski definition) is 7. The molecule has 1 aliphatic carbocycles. The molecule has 2 N–H and O–H groups in total. The van der Waals surface area contributed by atoms with Crippen LogP contribution in [0.25, 0.3) is 21.0 Å². The van der Waals surface area contributed by atoms with Crippen molar-refractivity contribution in [1.82, 2.24) is 9.71 Å². The van der Waals surface area contributed by atoms with Gasteiger partial charge in [-0.05, 0) is 61.6 Å². The van der Waals surface area contributed by atoms with Crippen molar-refractivity contribution in [1.29, 1.82) is 5.26 Å². The van der Waals surface area contributed by atoms with Crippen molar-refractivity contribution in [2.24, 2.45) is 0 Å². The van der Waals surface area contributed by atoms with Crippen molar-refractivity contribution in [2.75, 3.05) is 12.4 Å². The molecule has 2 aromatic carbocycles. The number of nitrogens with one attached hydrogen (secondary N) is 1. The monoisotopic (exact) mass is 451 g/mol. The van der Waals surface area contributed by atoms with Crippen molar-refractivity contribution in [2.45, 2.75) is 38.8 Å². The van der Waals surface area contributed by atoms with E-state index in [1.807, 2.05) is 38.2 Å². The lowest BCUT2D eigenvalue weighted by atomic mass is 10.0. The van der Waals surface area contributed by atoms with Gasteiger partial charge in [-0.2, -0.15) is 5.26 Å². The van der Waals surface area contributed by atoms with Crippen LogP contribution in [0.2, 0.25) is 0 Å². The minimum absolute atomic E-state index is 0.0185. The molecule has 0 saturated heterocycles. The van der Waals surface area contributed by atoms with E-state index in [0.29, 0.717) is 23.1 Å². The van der Waals surface area contributed by atoms with Crippen LogP contribution in [0.4, 0.5) is 0 Å². The number of aromatic nitrogens is 1. The molecule has 31 heavy (non-hydrogen) atoms. The van der Waals surface area contributed by atoms with E-state index in [2.05, 4.69) is 34.0 Å². The zero-order valence-electron chi connectivity index (χ0n) is 17.6. The summed E-state index contributed by atoms with van der Waals surface area (Å²) in [7, 11) is 0. The lowest BCUT2D eigenvalue weighted by Gasteiger charge is -2.13. The molecule has 0 fully saturated rings. The minimum Gasteiger partial charge on any atom is -0.490 e. The number of nitriles is 1. The van der Waals surface area contributed by atoms with Gasteiger partial charge in [0.05, 0.1) is 23.2 Å². The first-order valence-corrected chi connectivity index (χ1v) is 12.2. The summed E-state index contributed by atoms with van der Waals surface area (Å²) in [6.07, 6.45) is 4.03. The molecule has 0 radical (unpaired) electrons. The number of aliphatic hydroxyl groups is 1. The molecule has 1 atom stereocenters. The highest BCUT2D eigenvalue weighted by atomic mass is 32.2. The predicted molar refractivity (Wildman–Crippen MR) is 127 cm³/mol. The SMILES string of the molecule is CC(C)Oc1ccc(-c2ncc(-c3cccc4c3CCC4NSCCO)s2)cc1C#N. The molecule has 4 rings (SSSR count). The van der Waals surface area contributed by atoms with Crippen molar-refractivity contribution >= 4 is 23.3 Å². The molecule has 7 heteroatoms. The van der Waals surface area contributed by atoms with E-state index in [9.17, 15) is 5.26 Å². The first kappa shape index (κ1) is 21.8. The smallest absolute Gasteiger partial charge is 0.137 e. The highest BCUT2D eigenvalue weighted by molar-refractivity contribution is 7.97. The van der Waals surface area contributed by atoms with Crippen LogP contribution in [0.5, 0.6) is 5.75 Å². The van der Waals surface area contributed by atoms with Crippen molar-refractivity contribution in [3.05, 3.63) is 59.3 Å². The second-order valence-corrected chi connectivity index (χ2v) is 9.64. The van der Waals surface area contributed by atoms with Gasteiger partial charge >= 0.3 is 0 Å². The summed E-state index contributed by atoms with van der Waals surface area (Å²) in [6, 6.07) is 14.7. The third-order valence-corrected chi connectivity index (χ3v) is 7.09. The highest BCUT2D eigenvalue weighted by Gasteiger charge is 2.25. The predicted octanol–water partition coefficient (Wildman–Crippen LogP) is 5.35. The zero-order chi connectivity index (χ0) is 21.8. The van der Waals surface area contributed by atoms with Gasteiger partial charge in [0.25, 0.3) is 0 Å². The summed E-state index contributed by atoms with van der Waals surface area (Å²) in [4.78, 5) is 5.79. The molecule has 0 aliphatic heterocycles. The molecule has 1 unspecified atom stereocenters. The fourth-order valence-corrected chi connectivity index (χ4v) is 5.47. The van der Waals surface area contributed by atoms with E-state index in [1.54, 1.807) is 23.3 Å². The maximum atomic E-state index is 9.53. The number of thiazole rings is 1. The van der Waals surface area contributed by atoms with Gasteiger partial charge in [-0.15, -0.1) is 11.3 Å². The highest BCUT2D eigenvalue weighted by Crippen LogP contribution is 2.41. The summed E-state index contributed by atoms with van der Waals surface area (Å²) in [6.45, 7) is 4.08. The van der Waals surface area contributed by atoms with Crippen LogP contribution in [-0.4, -0.2) is 28.6 Å². The summed E-state index contributed by atoms with van der Waals surface area (Å²) < 4.78 is 9.22. The van der Waals surface area contributed by atoms with Gasteiger partial charge in [-0.25, -0.2) is 4.98 Å². The van der Waals surface area contributed by atoms with Crippen LogP contribution in [0.15, 0.2) is 42.6 Å². The normalized spacial score (nSPS) is 15.1. The molecular weight excluding hydrogens is 426 g/mol. The molecular formula is C24H25N3O2S2. The van der Waals surface area contributed by atoms with Crippen LogP contribution in [-0.2, 0) is 6.42 Å². The fraction of sp³-hybridized carbons (Fsp3) is 0.333. The average molecular weight is 452 g/mol. The van der Waals surface area contributed by atoms with Crippen LogP contribution < -0.4 is 9.46 Å². The van der Waals surface area contributed by atoms with Crippen molar-refractivity contribution in [3.63, 3.8) is 0 Å².